The Bertz CT molecular complexity index is 145. The molecule has 0 amide bonds. The van der Waals surface area contributed by atoms with Crippen molar-refractivity contribution >= 4 is 6.34 Å². The second-order valence-electron chi connectivity index (χ2n) is 2.00. The molecule has 0 aromatic carbocycles. The van der Waals surface area contributed by atoms with Gasteiger partial charge in [0.15, 0.2) is 0 Å². The summed E-state index contributed by atoms with van der Waals surface area (Å²) in [4.78, 5) is 5.73. The van der Waals surface area contributed by atoms with Crippen LogP contribution in [0.3, 0.4) is 0 Å². The van der Waals surface area contributed by atoms with Crippen molar-refractivity contribution in [1.82, 2.24) is 4.90 Å². The molecule has 0 aromatic rings. The molecule has 0 radical (unpaired) electrons. The van der Waals surface area contributed by atoms with Crippen LogP contribution in [0, 0.1) is 0 Å². The minimum Gasteiger partial charge on any atom is -0.313 e. The Labute approximate surface area is 62.6 Å². The minimum atomic E-state index is 0.962. The van der Waals surface area contributed by atoms with Gasteiger partial charge in [0.25, 0.3) is 0 Å². The van der Waals surface area contributed by atoms with Crippen molar-refractivity contribution in [2.24, 2.45) is 4.99 Å². The van der Waals surface area contributed by atoms with Crippen LogP contribution in [-0.2, 0) is 0 Å². The number of aliphatic imine (C=N–C) groups is 1. The Morgan fingerprint density at radius 3 is 2.50 bits per heavy atom. The van der Waals surface area contributed by atoms with Crippen LogP contribution in [0.1, 0.15) is 13.8 Å². The van der Waals surface area contributed by atoms with Crippen molar-refractivity contribution in [2.45, 2.75) is 13.8 Å². The number of hydrogen-bond donors (Lipinski definition) is 0. The molecule has 0 bridgehead atoms. The van der Waals surface area contributed by atoms with E-state index in [-0.39, 0.29) is 0 Å². The maximum absolute atomic E-state index is 3.86. The van der Waals surface area contributed by atoms with E-state index in [1.54, 1.807) is 13.4 Å². The van der Waals surface area contributed by atoms with E-state index in [0.717, 1.165) is 5.70 Å². The second-order valence-corrected chi connectivity index (χ2v) is 2.00. The highest BCUT2D eigenvalue weighted by Gasteiger charge is 1.90. The number of allylic oxidation sites excluding steroid dienone is 2. The zero-order valence-electron chi connectivity index (χ0n) is 6.83. The molecule has 0 heterocycles. The predicted octanol–water partition coefficient (Wildman–Crippen LogP) is 2.01. The predicted molar refractivity (Wildman–Crippen MR) is 45.9 cm³/mol. The lowest BCUT2D eigenvalue weighted by Crippen LogP contribution is -2.10. The lowest BCUT2D eigenvalue weighted by molar-refractivity contribution is 0.711. The monoisotopic (exact) mass is 138 g/mol. The average Bonchev–Trinajstić information content (AvgIpc) is 1.87. The first-order chi connectivity index (χ1) is 4.72. The summed E-state index contributed by atoms with van der Waals surface area (Å²) in [5, 5.41) is 0. The quantitative estimate of drug-likeness (QED) is 0.430. The van der Waals surface area contributed by atoms with Crippen molar-refractivity contribution in [1.29, 1.82) is 0 Å². The smallest absolute Gasteiger partial charge is 0.0928 e. The third kappa shape index (κ3) is 3.07. The Balaban J connectivity index is 4.11. The van der Waals surface area contributed by atoms with Gasteiger partial charge in [-0.25, -0.2) is 0 Å². The molecule has 2 nitrogen and oxygen atoms in total. The summed E-state index contributed by atoms with van der Waals surface area (Å²) in [6.07, 6.45) is 5.58. The van der Waals surface area contributed by atoms with Crippen LogP contribution < -0.4 is 0 Å². The van der Waals surface area contributed by atoms with Crippen molar-refractivity contribution in [3.05, 3.63) is 24.6 Å². The third-order valence-electron chi connectivity index (χ3n) is 0.990. The lowest BCUT2D eigenvalue weighted by atomic mass is 10.5. The van der Waals surface area contributed by atoms with Gasteiger partial charge in [0.1, 0.15) is 0 Å². The van der Waals surface area contributed by atoms with Crippen LogP contribution in [0.15, 0.2) is 29.5 Å². The molecule has 10 heavy (non-hydrogen) atoms. The highest BCUT2D eigenvalue weighted by atomic mass is 15.1. The van der Waals surface area contributed by atoms with E-state index in [4.69, 9.17) is 0 Å². The zero-order valence-corrected chi connectivity index (χ0v) is 6.83. The zero-order chi connectivity index (χ0) is 7.98. The summed E-state index contributed by atoms with van der Waals surface area (Å²) in [6, 6.07) is 0. The fraction of sp³-hybridized carbons (Fsp3) is 0.375. The summed E-state index contributed by atoms with van der Waals surface area (Å²) in [5.41, 5.74) is 0.962. The lowest BCUT2D eigenvalue weighted by Gasteiger charge is -2.12. The van der Waals surface area contributed by atoms with Gasteiger partial charge in [0.05, 0.1) is 6.34 Å². The van der Waals surface area contributed by atoms with Gasteiger partial charge < -0.3 is 4.90 Å². The number of nitrogens with zero attached hydrogens (tertiary/aromatic N) is 2. The number of rotatable bonds is 3. The van der Waals surface area contributed by atoms with E-state index in [9.17, 15) is 0 Å². The molecule has 0 aliphatic carbocycles. The van der Waals surface area contributed by atoms with Crippen LogP contribution >= 0.6 is 0 Å². The third-order valence-corrected chi connectivity index (χ3v) is 0.990. The van der Waals surface area contributed by atoms with E-state index in [0.29, 0.717) is 0 Å². The molecular weight excluding hydrogens is 124 g/mol. The molecule has 0 aromatic heterocycles. The van der Waals surface area contributed by atoms with Crippen LogP contribution in [0.5, 0.6) is 0 Å². The first-order valence-corrected chi connectivity index (χ1v) is 3.21. The molecule has 0 aliphatic heterocycles. The summed E-state index contributed by atoms with van der Waals surface area (Å²) in [7, 11) is 1.74. The van der Waals surface area contributed by atoms with Gasteiger partial charge >= 0.3 is 0 Å². The molecule has 2 heteroatoms. The normalized spacial score (nSPS) is 11.1. The summed E-state index contributed by atoms with van der Waals surface area (Å²) in [5.74, 6) is 0. The number of hydrogen-bond acceptors (Lipinski definition) is 1. The van der Waals surface area contributed by atoms with Crippen LogP contribution in [0.25, 0.3) is 0 Å². The molecule has 0 atom stereocenters. The van der Waals surface area contributed by atoms with Crippen molar-refractivity contribution in [3.8, 4) is 0 Å². The minimum absolute atomic E-state index is 0.962. The second kappa shape index (κ2) is 4.79. The molecular formula is C8H14N2. The molecule has 0 N–H and O–H groups in total. The largest absolute Gasteiger partial charge is 0.313 e. The first-order valence-electron chi connectivity index (χ1n) is 3.21. The molecule has 0 rings (SSSR count). The van der Waals surface area contributed by atoms with Gasteiger partial charge in [0, 0.05) is 18.9 Å². The van der Waals surface area contributed by atoms with E-state index >= 15 is 0 Å². The SMILES string of the molecule is C=C(C)N(C=NC)/C=C\C. The Kier molecular flexibility index (Phi) is 4.29. The van der Waals surface area contributed by atoms with Crippen LogP contribution in [0.4, 0.5) is 0 Å². The average molecular weight is 138 g/mol. The molecule has 0 saturated carbocycles. The van der Waals surface area contributed by atoms with E-state index in [2.05, 4.69) is 11.6 Å². The first kappa shape index (κ1) is 8.95. The van der Waals surface area contributed by atoms with E-state index < -0.39 is 0 Å². The fourth-order valence-corrected chi connectivity index (χ4v) is 0.549. The molecule has 56 valence electrons. The van der Waals surface area contributed by atoms with Crippen molar-refractivity contribution in [2.75, 3.05) is 7.05 Å². The topological polar surface area (TPSA) is 15.6 Å². The summed E-state index contributed by atoms with van der Waals surface area (Å²) < 4.78 is 0. The molecule has 0 spiro atoms. The Morgan fingerprint density at radius 2 is 2.20 bits per heavy atom. The van der Waals surface area contributed by atoms with Crippen LogP contribution in [0.2, 0.25) is 0 Å². The van der Waals surface area contributed by atoms with E-state index in [1.165, 1.54) is 0 Å². The summed E-state index contributed by atoms with van der Waals surface area (Å²) >= 11 is 0. The maximum Gasteiger partial charge on any atom is 0.0928 e. The van der Waals surface area contributed by atoms with Crippen molar-refractivity contribution in [3.63, 3.8) is 0 Å². The van der Waals surface area contributed by atoms with Gasteiger partial charge in [-0.05, 0) is 13.8 Å². The van der Waals surface area contributed by atoms with Gasteiger partial charge in [-0.3, -0.25) is 4.99 Å². The molecule has 0 aliphatic rings. The standard InChI is InChI=1S/C8H14N2/c1-5-6-10(7-9-4)8(2)3/h5-7H,2H2,1,3-4H3/b6-5-,9-7?. The van der Waals surface area contributed by atoms with Gasteiger partial charge in [0.2, 0.25) is 0 Å². The van der Waals surface area contributed by atoms with E-state index in [1.807, 2.05) is 31.0 Å². The van der Waals surface area contributed by atoms with Gasteiger partial charge in [-0.1, -0.05) is 12.7 Å². The Morgan fingerprint density at radius 1 is 1.60 bits per heavy atom. The molecule has 0 fully saturated rings. The van der Waals surface area contributed by atoms with Crippen molar-refractivity contribution < 1.29 is 0 Å². The van der Waals surface area contributed by atoms with Gasteiger partial charge in [-0.2, -0.15) is 0 Å². The molecule has 0 saturated heterocycles. The Hall–Kier alpha value is -1.05. The van der Waals surface area contributed by atoms with Gasteiger partial charge in [-0.15, -0.1) is 0 Å². The molecule has 0 unspecified atom stereocenters. The highest BCUT2D eigenvalue weighted by molar-refractivity contribution is 5.58. The maximum atomic E-state index is 3.86. The van der Waals surface area contributed by atoms with Crippen LogP contribution in [-0.4, -0.2) is 18.3 Å². The fourth-order valence-electron chi connectivity index (χ4n) is 0.549. The summed E-state index contributed by atoms with van der Waals surface area (Å²) in [6.45, 7) is 7.67. The highest BCUT2D eigenvalue weighted by Crippen LogP contribution is 1.96.